The summed E-state index contributed by atoms with van der Waals surface area (Å²) in [6, 6.07) is 0. The zero-order valence-corrected chi connectivity index (χ0v) is 19.0. The minimum Gasteiger partial charge on any atom is -0.377 e. The lowest BCUT2D eigenvalue weighted by molar-refractivity contribution is -0.139. The third-order valence-corrected chi connectivity index (χ3v) is 4.63. The fourth-order valence-corrected chi connectivity index (χ4v) is 2.88. The van der Waals surface area contributed by atoms with Crippen molar-refractivity contribution in [1.82, 2.24) is 15.5 Å². The Hall–Kier alpha value is -2.37. The van der Waals surface area contributed by atoms with E-state index in [0.29, 0.717) is 39.3 Å². The molecule has 1 aliphatic heterocycles. The first-order valence-corrected chi connectivity index (χ1v) is 11.0. The third kappa shape index (κ3) is 11.9. The van der Waals surface area contributed by atoms with Gasteiger partial charge in [-0.15, -0.1) is 0 Å². The van der Waals surface area contributed by atoms with Gasteiger partial charge in [0.1, 0.15) is 13.2 Å². The smallest absolute Gasteiger partial charge is 0.246 e. The summed E-state index contributed by atoms with van der Waals surface area (Å²) < 4.78 is 15.5. The minimum absolute atomic E-state index is 0.0280. The molecule has 4 amide bonds. The summed E-state index contributed by atoms with van der Waals surface area (Å²) in [5.74, 6) is -1.33. The molecule has 0 radical (unpaired) electrons. The van der Waals surface area contributed by atoms with Gasteiger partial charge in [0.25, 0.3) is 0 Å². The number of carbonyl (C=O) groups excluding carboxylic acids is 5. The van der Waals surface area contributed by atoms with E-state index in [-0.39, 0.29) is 81.0 Å². The van der Waals surface area contributed by atoms with E-state index in [1.807, 2.05) is 6.92 Å². The number of Topliss-reactive ketones (excluding diaryl/α,β-unsaturated/α-hetero) is 1. The van der Waals surface area contributed by atoms with Crippen molar-refractivity contribution in [3.8, 4) is 0 Å². The van der Waals surface area contributed by atoms with Crippen molar-refractivity contribution >= 4 is 29.4 Å². The lowest BCUT2D eigenvalue weighted by Gasteiger charge is -2.13. The highest BCUT2D eigenvalue weighted by Crippen LogP contribution is 2.18. The van der Waals surface area contributed by atoms with Crippen LogP contribution in [0.15, 0.2) is 0 Å². The average Bonchev–Trinajstić information content (AvgIpc) is 3.00. The molecular weight excluding hydrogens is 422 g/mol. The zero-order valence-electron chi connectivity index (χ0n) is 19.0. The molecule has 0 bridgehead atoms. The molecule has 1 rings (SSSR count). The zero-order chi connectivity index (χ0) is 23.8. The molecule has 0 aromatic heterocycles. The maximum absolute atomic E-state index is 11.8. The number of nitrogens with zero attached hydrogens (tertiary/aromatic N) is 1. The quantitative estimate of drug-likeness (QED) is 0.206. The number of amides is 4. The minimum atomic E-state index is -0.316. The van der Waals surface area contributed by atoms with Crippen molar-refractivity contribution < 1.29 is 38.2 Å². The Morgan fingerprint density at radius 2 is 1.66 bits per heavy atom. The lowest BCUT2D eigenvalue weighted by Crippen LogP contribution is -2.35. The number of nitrogens with one attached hydrogen (secondary N) is 2. The molecule has 1 saturated heterocycles. The van der Waals surface area contributed by atoms with E-state index < -0.39 is 0 Å². The Bertz CT molecular complexity index is 641. The summed E-state index contributed by atoms with van der Waals surface area (Å²) in [6.07, 6.45) is 0.999. The third-order valence-electron chi connectivity index (χ3n) is 4.63. The Kier molecular flexibility index (Phi) is 14.1. The topological polar surface area (TPSA) is 140 Å². The van der Waals surface area contributed by atoms with E-state index >= 15 is 0 Å². The van der Waals surface area contributed by atoms with Gasteiger partial charge in [0.05, 0.1) is 19.8 Å². The van der Waals surface area contributed by atoms with Crippen LogP contribution in [0.25, 0.3) is 0 Å². The molecule has 1 heterocycles. The van der Waals surface area contributed by atoms with Crippen LogP contribution < -0.4 is 10.6 Å². The van der Waals surface area contributed by atoms with Crippen molar-refractivity contribution in [3.05, 3.63) is 0 Å². The first kappa shape index (κ1) is 27.7. The summed E-state index contributed by atoms with van der Waals surface area (Å²) in [5.41, 5.74) is 0. The fraction of sp³-hybridized carbons (Fsp3) is 0.762. The second-order valence-electron chi connectivity index (χ2n) is 7.38. The van der Waals surface area contributed by atoms with Gasteiger partial charge in [-0.25, -0.2) is 0 Å². The summed E-state index contributed by atoms with van der Waals surface area (Å²) in [5, 5.41) is 5.32. The van der Waals surface area contributed by atoms with Crippen LogP contribution in [0.4, 0.5) is 0 Å². The maximum Gasteiger partial charge on any atom is 0.246 e. The molecule has 32 heavy (non-hydrogen) atoms. The van der Waals surface area contributed by atoms with Gasteiger partial charge in [-0.2, -0.15) is 0 Å². The number of ether oxygens (including phenoxy) is 3. The van der Waals surface area contributed by atoms with Crippen molar-refractivity contribution in [2.45, 2.75) is 39.5 Å². The van der Waals surface area contributed by atoms with Crippen molar-refractivity contribution in [3.63, 3.8) is 0 Å². The second-order valence-corrected chi connectivity index (χ2v) is 7.38. The van der Waals surface area contributed by atoms with Crippen LogP contribution >= 0.6 is 0 Å². The van der Waals surface area contributed by atoms with Gasteiger partial charge in [-0.3, -0.25) is 28.9 Å². The van der Waals surface area contributed by atoms with Crippen molar-refractivity contribution in [2.24, 2.45) is 5.92 Å². The monoisotopic (exact) mass is 457 g/mol. The van der Waals surface area contributed by atoms with Crippen LogP contribution in [0.2, 0.25) is 0 Å². The second kappa shape index (κ2) is 16.3. The van der Waals surface area contributed by atoms with Gasteiger partial charge in [0.2, 0.25) is 23.6 Å². The molecule has 182 valence electrons. The number of rotatable bonds is 18. The molecule has 1 fully saturated rings. The van der Waals surface area contributed by atoms with Gasteiger partial charge < -0.3 is 24.8 Å². The molecule has 11 nitrogen and oxygen atoms in total. The normalized spacial score (nSPS) is 15.8. The highest BCUT2D eigenvalue weighted by molar-refractivity contribution is 6.03. The number of ketones is 1. The Labute approximate surface area is 188 Å². The van der Waals surface area contributed by atoms with Crippen LogP contribution in [0.3, 0.4) is 0 Å². The Morgan fingerprint density at radius 3 is 2.34 bits per heavy atom. The summed E-state index contributed by atoms with van der Waals surface area (Å²) in [6.45, 7) is 5.71. The van der Waals surface area contributed by atoms with Gasteiger partial charge >= 0.3 is 0 Å². The van der Waals surface area contributed by atoms with E-state index in [0.717, 1.165) is 4.90 Å². The van der Waals surface area contributed by atoms with Crippen LogP contribution in [-0.2, 0) is 38.2 Å². The molecule has 1 unspecified atom stereocenters. The highest BCUT2D eigenvalue weighted by Gasteiger charge is 2.35. The molecule has 1 atom stereocenters. The summed E-state index contributed by atoms with van der Waals surface area (Å²) in [4.78, 5) is 59.5. The molecule has 0 aromatic rings. The van der Waals surface area contributed by atoms with E-state index in [4.69, 9.17) is 14.2 Å². The molecule has 1 aliphatic rings. The molecule has 0 spiro atoms. The molecule has 0 aromatic carbocycles. The van der Waals surface area contributed by atoms with Gasteiger partial charge in [0, 0.05) is 51.4 Å². The first-order valence-electron chi connectivity index (χ1n) is 11.0. The Balaban J connectivity index is 1.93. The molecule has 0 aliphatic carbocycles. The van der Waals surface area contributed by atoms with Crippen molar-refractivity contribution in [2.75, 3.05) is 59.3 Å². The van der Waals surface area contributed by atoms with Gasteiger partial charge in [-0.05, 0) is 13.3 Å². The van der Waals surface area contributed by atoms with E-state index in [1.54, 1.807) is 6.92 Å². The van der Waals surface area contributed by atoms with Crippen LogP contribution in [0.5, 0.6) is 0 Å². The number of likely N-dealkylation sites (tertiary alicyclic amines) is 1. The van der Waals surface area contributed by atoms with E-state index in [2.05, 4.69) is 10.6 Å². The van der Waals surface area contributed by atoms with E-state index in [9.17, 15) is 24.0 Å². The van der Waals surface area contributed by atoms with Crippen LogP contribution in [0.1, 0.15) is 39.5 Å². The summed E-state index contributed by atoms with van der Waals surface area (Å²) in [7, 11) is 0. The maximum atomic E-state index is 11.8. The fourth-order valence-electron chi connectivity index (χ4n) is 2.88. The van der Waals surface area contributed by atoms with Gasteiger partial charge in [-0.1, -0.05) is 6.92 Å². The number of hydrogen-bond acceptors (Lipinski definition) is 8. The number of hydrogen-bond donors (Lipinski definition) is 2. The summed E-state index contributed by atoms with van der Waals surface area (Å²) >= 11 is 0. The number of carbonyl (C=O) groups is 5. The van der Waals surface area contributed by atoms with E-state index in [1.165, 1.54) is 0 Å². The highest BCUT2D eigenvalue weighted by atomic mass is 16.5. The average molecular weight is 458 g/mol. The number of imide groups is 1. The predicted molar refractivity (Wildman–Crippen MR) is 114 cm³/mol. The molecular formula is C21H35N3O8. The first-order chi connectivity index (χ1) is 15.3. The SMILES string of the molecule is CCOCC(=O)NCCOCCOCC(=O)CCCNC(=O)CCN1C(=O)CC(C)C1=O. The van der Waals surface area contributed by atoms with Crippen LogP contribution in [-0.4, -0.2) is 93.6 Å². The van der Waals surface area contributed by atoms with Crippen LogP contribution in [0, 0.1) is 5.92 Å². The molecule has 11 heteroatoms. The predicted octanol–water partition coefficient (Wildman–Crippen LogP) is -0.577. The molecule has 2 N–H and O–H groups in total. The van der Waals surface area contributed by atoms with Crippen molar-refractivity contribution in [1.29, 1.82) is 0 Å². The van der Waals surface area contributed by atoms with Gasteiger partial charge in [0.15, 0.2) is 5.78 Å². The largest absolute Gasteiger partial charge is 0.377 e. The lowest BCUT2D eigenvalue weighted by atomic mass is 10.1. The standard InChI is InChI=1S/C21H35N3O8/c1-3-30-15-19(27)23-8-10-31-11-12-32-14-17(25)5-4-7-22-18(26)6-9-24-20(28)13-16(2)21(24)29/h16H,3-15H2,1-2H3,(H,22,26)(H,23,27). The molecule has 0 saturated carbocycles. The Morgan fingerprint density at radius 1 is 0.938 bits per heavy atom.